The summed E-state index contributed by atoms with van der Waals surface area (Å²) in [6, 6.07) is 18.1. The molecule has 3 heterocycles. The Balaban J connectivity index is 1.29. The van der Waals surface area contributed by atoms with Crippen LogP contribution in [0.1, 0.15) is 24.1 Å². The van der Waals surface area contributed by atoms with Crippen LogP contribution in [0, 0.1) is 18.7 Å². The van der Waals surface area contributed by atoms with E-state index in [0.29, 0.717) is 23.4 Å². The van der Waals surface area contributed by atoms with Gasteiger partial charge in [-0.2, -0.15) is 9.61 Å². The molecule has 35 heavy (non-hydrogen) atoms. The Hall–Kier alpha value is -3.94. The largest absolute Gasteiger partial charge is 0.496 e. The number of rotatable bonds is 6. The molecule has 5 rings (SSSR count). The van der Waals surface area contributed by atoms with Crippen LogP contribution < -0.4 is 15.0 Å². The molecule has 180 valence electrons. The Morgan fingerprint density at radius 3 is 2.63 bits per heavy atom. The third-order valence-electron chi connectivity index (χ3n) is 6.52. The SMILES string of the molecule is COc1ccccc1CNC(=O)C1CCN(c2cc(C)nc3cc(-c4ccccc4F)nn23)CC1. The second-order valence-electron chi connectivity index (χ2n) is 8.83. The van der Waals surface area contributed by atoms with Crippen LogP contribution in [0.4, 0.5) is 10.2 Å². The van der Waals surface area contributed by atoms with Gasteiger partial charge in [0.05, 0.1) is 12.8 Å². The number of anilines is 1. The minimum Gasteiger partial charge on any atom is -0.496 e. The van der Waals surface area contributed by atoms with Crippen molar-refractivity contribution in [3.63, 3.8) is 0 Å². The van der Waals surface area contributed by atoms with Gasteiger partial charge in [-0.15, -0.1) is 0 Å². The first kappa shape index (κ1) is 22.8. The van der Waals surface area contributed by atoms with E-state index in [-0.39, 0.29) is 17.6 Å². The smallest absolute Gasteiger partial charge is 0.223 e. The molecule has 4 aromatic rings. The number of hydrogen-bond donors (Lipinski definition) is 1. The van der Waals surface area contributed by atoms with E-state index in [0.717, 1.165) is 48.8 Å². The van der Waals surface area contributed by atoms with Crippen molar-refractivity contribution >= 4 is 17.4 Å². The molecule has 2 aromatic heterocycles. The number of carbonyl (C=O) groups is 1. The third kappa shape index (κ3) is 4.69. The van der Waals surface area contributed by atoms with Crippen molar-refractivity contribution in [1.29, 1.82) is 0 Å². The van der Waals surface area contributed by atoms with Crippen molar-refractivity contribution in [2.75, 3.05) is 25.1 Å². The first-order valence-corrected chi connectivity index (χ1v) is 11.8. The fraction of sp³-hybridized carbons (Fsp3) is 0.296. The number of halogens is 1. The number of aromatic nitrogens is 3. The summed E-state index contributed by atoms with van der Waals surface area (Å²) in [5.74, 6) is 1.38. The predicted molar refractivity (Wildman–Crippen MR) is 133 cm³/mol. The lowest BCUT2D eigenvalue weighted by molar-refractivity contribution is -0.125. The van der Waals surface area contributed by atoms with E-state index >= 15 is 0 Å². The standard InChI is InChI=1S/C27H28FN5O2/c1-18-15-26(33-25(30-18)16-23(31-33)21-8-4-5-9-22(21)28)32-13-11-19(12-14-32)27(34)29-17-20-7-3-6-10-24(20)35-2/h3-10,15-16,19H,11-14,17H2,1-2H3,(H,29,34). The molecule has 0 bridgehead atoms. The number of nitrogens with zero attached hydrogens (tertiary/aromatic N) is 4. The summed E-state index contributed by atoms with van der Waals surface area (Å²) in [5.41, 5.74) is 3.50. The van der Waals surface area contributed by atoms with Crippen LogP contribution in [-0.4, -0.2) is 40.7 Å². The summed E-state index contributed by atoms with van der Waals surface area (Å²) >= 11 is 0. The lowest BCUT2D eigenvalue weighted by Crippen LogP contribution is -2.41. The Morgan fingerprint density at radius 2 is 1.86 bits per heavy atom. The number of aryl methyl sites for hydroxylation is 1. The Labute approximate surface area is 203 Å². The zero-order valence-corrected chi connectivity index (χ0v) is 19.9. The number of ether oxygens (including phenoxy) is 1. The van der Waals surface area contributed by atoms with Crippen molar-refractivity contribution in [3.05, 3.63) is 77.7 Å². The Morgan fingerprint density at radius 1 is 1.11 bits per heavy atom. The molecule has 0 spiro atoms. The fourth-order valence-corrected chi connectivity index (χ4v) is 4.65. The van der Waals surface area contributed by atoms with E-state index in [2.05, 4.69) is 20.3 Å². The van der Waals surface area contributed by atoms with E-state index in [1.165, 1.54) is 6.07 Å². The van der Waals surface area contributed by atoms with Gasteiger partial charge in [0.2, 0.25) is 5.91 Å². The number of nitrogens with one attached hydrogen (secondary N) is 1. The van der Waals surface area contributed by atoms with Crippen LogP contribution in [-0.2, 0) is 11.3 Å². The summed E-state index contributed by atoms with van der Waals surface area (Å²) < 4.78 is 21.5. The predicted octanol–water partition coefficient (Wildman–Crippen LogP) is 4.39. The number of methoxy groups -OCH3 is 1. The maximum Gasteiger partial charge on any atom is 0.223 e. The molecule has 0 radical (unpaired) electrons. The van der Waals surface area contributed by atoms with E-state index in [4.69, 9.17) is 4.74 Å². The van der Waals surface area contributed by atoms with E-state index in [1.54, 1.807) is 29.8 Å². The second kappa shape index (κ2) is 9.74. The van der Waals surface area contributed by atoms with E-state index < -0.39 is 0 Å². The number of benzene rings is 2. The highest BCUT2D eigenvalue weighted by Gasteiger charge is 2.27. The second-order valence-corrected chi connectivity index (χ2v) is 8.83. The highest BCUT2D eigenvalue weighted by molar-refractivity contribution is 5.79. The van der Waals surface area contributed by atoms with Gasteiger partial charge in [-0.25, -0.2) is 9.37 Å². The minimum absolute atomic E-state index is 0.0500. The molecule has 1 amide bonds. The topological polar surface area (TPSA) is 71.8 Å². The lowest BCUT2D eigenvalue weighted by Gasteiger charge is -2.33. The van der Waals surface area contributed by atoms with Crippen molar-refractivity contribution in [1.82, 2.24) is 19.9 Å². The summed E-state index contributed by atoms with van der Waals surface area (Å²) in [7, 11) is 1.63. The van der Waals surface area contributed by atoms with Crippen molar-refractivity contribution in [3.8, 4) is 17.0 Å². The van der Waals surface area contributed by atoms with Crippen LogP contribution in [0.25, 0.3) is 16.9 Å². The molecule has 7 nitrogen and oxygen atoms in total. The number of para-hydroxylation sites is 1. The van der Waals surface area contributed by atoms with Gasteiger partial charge in [0.1, 0.15) is 17.4 Å². The van der Waals surface area contributed by atoms with Crippen molar-refractivity contribution in [2.45, 2.75) is 26.3 Å². The van der Waals surface area contributed by atoms with Gasteiger partial charge in [-0.3, -0.25) is 4.79 Å². The monoisotopic (exact) mass is 473 g/mol. The van der Waals surface area contributed by atoms with Gasteiger partial charge in [0.25, 0.3) is 0 Å². The van der Waals surface area contributed by atoms with Crippen molar-refractivity contribution in [2.24, 2.45) is 5.92 Å². The van der Waals surface area contributed by atoms with Gasteiger partial charge in [0, 0.05) is 54.5 Å². The Bertz CT molecular complexity index is 1360. The zero-order chi connectivity index (χ0) is 24.4. The van der Waals surface area contributed by atoms with Gasteiger partial charge in [-0.05, 0) is 38.0 Å². The van der Waals surface area contributed by atoms with Gasteiger partial charge < -0.3 is 15.0 Å². The van der Waals surface area contributed by atoms with Crippen LogP contribution in [0.2, 0.25) is 0 Å². The molecule has 8 heteroatoms. The normalized spacial score (nSPS) is 14.3. The molecular weight excluding hydrogens is 445 g/mol. The first-order valence-electron chi connectivity index (χ1n) is 11.8. The number of fused-ring (bicyclic) bond motifs is 1. The number of amides is 1. The average molecular weight is 474 g/mol. The van der Waals surface area contributed by atoms with Crippen LogP contribution in [0.15, 0.2) is 60.7 Å². The van der Waals surface area contributed by atoms with Gasteiger partial charge >= 0.3 is 0 Å². The molecule has 1 fully saturated rings. The lowest BCUT2D eigenvalue weighted by atomic mass is 9.95. The maximum absolute atomic E-state index is 14.3. The highest BCUT2D eigenvalue weighted by atomic mass is 19.1. The minimum atomic E-state index is -0.311. The van der Waals surface area contributed by atoms with E-state index in [9.17, 15) is 9.18 Å². The zero-order valence-electron chi connectivity index (χ0n) is 19.9. The number of piperidine rings is 1. The highest BCUT2D eigenvalue weighted by Crippen LogP contribution is 2.28. The third-order valence-corrected chi connectivity index (χ3v) is 6.52. The molecule has 1 N–H and O–H groups in total. The van der Waals surface area contributed by atoms with Crippen LogP contribution in [0.5, 0.6) is 5.75 Å². The number of hydrogen-bond acceptors (Lipinski definition) is 5. The van der Waals surface area contributed by atoms with Crippen LogP contribution >= 0.6 is 0 Å². The quantitative estimate of drug-likeness (QED) is 0.450. The van der Waals surface area contributed by atoms with Crippen LogP contribution in [0.3, 0.4) is 0 Å². The molecule has 0 saturated carbocycles. The Kier molecular flexibility index (Phi) is 6.35. The van der Waals surface area contributed by atoms with Gasteiger partial charge in [0.15, 0.2) is 5.65 Å². The molecule has 0 unspecified atom stereocenters. The van der Waals surface area contributed by atoms with Crippen molar-refractivity contribution < 1.29 is 13.9 Å². The van der Waals surface area contributed by atoms with E-state index in [1.807, 2.05) is 43.3 Å². The molecular formula is C27H28FN5O2. The molecule has 0 aliphatic carbocycles. The summed E-state index contributed by atoms with van der Waals surface area (Å²) in [6.45, 7) is 3.83. The number of carbonyl (C=O) groups excluding carboxylic acids is 1. The molecule has 1 aliphatic rings. The molecule has 1 saturated heterocycles. The summed E-state index contributed by atoms with van der Waals surface area (Å²) in [5, 5.41) is 7.74. The summed E-state index contributed by atoms with van der Waals surface area (Å²) in [6.07, 6.45) is 1.48. The first-order chi connectivity index (χ1) is 17.0. The fourth-order valence-electron chi connectivity index (χ4n) is 4.65. The summed E-state index contributed by atoms with van der Waals surface area (Å²) in [4.78, 5) is 19.7. The molecule has 0 atom stereocenters. The maximum atomic E-state index is 14.3. The average Bonchev–Trinajstić information content (AvgIpc) is 3.31. The van der Waals surface area contributed by atoms with Gasteiger partial charge in [-0.1, -0.05) is 30.3 Å². The molecule has 2 aromatic carbocycles. The molecule has 1 aliphatic heterocycles.